The quantitative estimate of drug-likeness (QED) is 0.786. The molecule has 1 heterocycles. The minimum atomic E-state index is 0.395. The van der Waals surface area contributed by atoms with Gasteiger partial charge in [-0.05, 0) is 47.7 Å². The maximum absolute atomic E-state index is 5.74. The van der Waals surface area contributed by atoms with Crippen molar-refractivity contribution >= 4 is 11.1 Å². The van der Waals surface area contributed by atoms with E-state index in [1.807, 2.05) is 6.07 Å². The van der Waals surface area contributed by atoms with Gasteiger partial charge in [-0.15, -0.1) is 0 Å². The van der Waals surface area contributed by atoms with Crippen molar-refractivity contribution in [2.45, 2.75) is 19.3 Å². The standard InChI is InChI=1S/C17H18N2O/c1-12(10-18)15-4-2-3-13(8-15)7-14-5-6-16-17(9-14)20-11-19-16/h2-6,8-9,11-12H,7,10,18H2,1H3. The number of nitrogens with zero attached hydrogens (tertiary/aromatic N) is 1. The Labute approximate surface area is 118 Å². The topological polar surface area (TPSA) is 52.0 Å². The molecule has 0 fully saturated rings. The molecule has 0 aliphatic rings. The van der Waals surface area contributed by atoms with Crippen molar-refractivity contribution in [1.29, 1.82) is 0 Å². The number of aromatic nitrogens is 1. The second kappa shape index (κ2) is 5.47. The largest absolute Gasteiger partial charge is 0.443 e. The van der Waals surface area contributed by atoms with Crippen LogP contribution in [0.1, 0.15) is 29.5 Å². The summed E-state index contributed by atoms with van der Waals surface area (Å²) in [5.41, 5.74) is 11.3. The van der Waals surface area contributed by atoms with E-state index in [4.69, 9.17) is 10.2 Å². The van der Waals surface area contributed by atoms with Crippen molar-refractivity contribution in [1.82, 2.24) is 4.98 Å². The lowest BCUT2D eigenvalue weighted by atomic mass is 9.96. The molecule has 0 amide bonds. The summed E-state index contributed by atoms with van der Waals surface area (Å²) < 4.78 is 5.35. The number of hydrogen-bond acceptors (Lipinski definition) is 3. The van der Waals surface area contributed by atoms with Crippen LogP contribution in [0.15, 0.2) is 53.3 Å². The lowest BCUT2D eigenvalue weighted by molar-refractivity contribution is 0.602. The van der Waals surface area contributed by atoms with Crippen molar-refractivity contribution in [2.24, 2.45) is 5.73 Å². The van der Waals surface area contributed by atoms with E-state index in [1.165, 1.54) is 23.1 Å². The van der Waals surface area contributed by atoms with E-state index < -0.39 is 0 Å². The summed E-state index contributed by atoms with van der Waals surface area (Å²) in [7, 11) is 0. The SMILES string of the molecule is CC(CN)c1cccc(Cc2ccc3ncoc3c2)c1. The molecule has 20 heavy (non-hydrogen) atoms. The number of oxazole rings is 1. The molecule has 3 rings (SSSR count). The maximum Gasteiger partial charge on any atom is 0.181 e. The molecule has 0 aliphatic carbocycles. The molecule has 2 N–H and O–H groups in total. The fourth-order valence-electron chi connectivity index (χ4n) is 2.39. The van der Waals surface area contributed by atoms with Crippen molar-refractivity contribution in [2.75, 3.05) is 6.54 Å². The Balaban J connectivity index is 1.86. The van der Waals surface area contributed by atoms with E-state index in [-0.39, 0.29) is 0 Å². The molecule has 0 radical (unpaired) electrons. The Morgan fingerprint density at radius 1 is 1.15 bits per heavy atom. The zero-order valence-corrected chi connectivity index (χ0v) is 11.5. The van der Waals surface area contributed by atoms with Crippen molar-refractivity contribution < 1.29 is 4.42 Å². The van der Waals surface area contributed by atoms with Crippen molar-refractivity contribution in [3.05, 3.63) is 65.5 Å². The van der Waals surface area contributed by atoms with Gasteiger partial charge in [-0.2, -0.15) is 0 Å². The summed E-state index contributed by atoms with van der Waals surface area (Å²) in [4.78, 5) is 4.13. The molecule has 0 spiro atoms. The predicted molar refractivity (Wildman–Crippen MR) is 80.7 cm³/mol. The molecule has 0 aliphatic heterocycles. The lowest BCUT2D eigenvalue weighted by Gasteiger charge is -2.10. The molecular formula is C17H18N2O. The minimum absolute atomic E-state index is 0.395. The van der Waals surface area contributed by atoms with E-state index in [0.717, 1.165) is 17.5 Å². The second-order valence-electron chi connectivity index (χ2n) is 5.21. The van der Waals surface area contributed by atoms with E-state index in [9.17, 15) is 0 Å². The van der Waals surface area contributed by atoms with Gasteiger partial charge in [-0.1, -0.05) is 37.3 Å². The molecule has 1 unspecified atom stereocenters. The Kier molecular flexibility index (Phi) is 3.52. The highest BCUT2D eigenvalue weighted by molar-refractivity contribution is 5.72. The summed E-state index contributed by atoms with van der Waals surface area (Å²) in [5, 5.41) is 0. The summed E-state index contributed by atoms with van der Waals surface area (Å²) in [5.74, 6) is 0.395. The number of nitrogens with two attached hydrogens (primary N) is 1. The van der Waals surface area contributed by atoms with Crippen LogP contribution >= 0.6 is 0 Å². The van der Waals surface area contributed by atoms with Crippen LogP contribution in [0.2, 0.25) is 0 Å². The fourth-order valence-corrected chi connectivity index (χ4v) is 2.39. The van der Waals surface area contributed by atoms with Crippen LogP contribution in [0.25, 0.3) is 11.1 Å². The Hall–Kier alpha value is -2.13. The summed E-state index contributed by atoms with van der Waals surface area (Å²) in [6.45, 7) is 2.83. The van der Waals surface area contributed by atoms with Gasteiger partial charge in [-0.25, -0.2) is 4.98 Å². The summed E-state index contributed by atoms with van der Waals surface area (Å²) in [6.07, 6.45) is 2.37. The van der Waals surface area contributed by atoms with Gasteiger partial charge in [0.25, 0.3) is 0 Å². The molecule has 0 saturated heterocycles. The van der Waals surface area contributed by atoms with Crippen LogP contribution in [0.4, 0.5) is 0 Å². The Morgan fingerprint density at radius 3 is 2.85 bits per heavy atom. The third-order valence-electron chi connectivity index (χ3n) is 3.68. The number of fused-ring (bicyclic) bond motifs is 1. The van der Waals surface area contributed by atoms with Crippen LogP contribution in [-0.4, -0.2) is 11.5 Å². The zero-order valence-electron chi connectivity index (χ0n) is 11.5. The Bertz CT molecular complexity index is 718. The molecule has 2 aromatic carbocycles. The molecule has 3 nitrogen and oxygen atoms in total. The molecule has 0 saturated carbocycles. The number of benzene rings is 2. The smallest absolute Gasteiger partial charge is 0.181 e. The number of hydrogen-bond donors (Lipinski definition) is 1. The summed E-state index contributed by atoms with van der Waals surface area (Å²) >= 11 is 0. The van der Waals surface area contributed by atoms with Crippen LogP contribution in [0, 0.1) is 0 Å². The predicted octanol–water partition coefficient (Wildman–Crippen LogP) is 3.48. The van der Waals surface area contributed by atoms with Gasteiger partial charge in [0.15, 0.2) is 12.0 Å². The van der Waals surface area contributed by atoms with Gasteiger partial charge in [0.05, 0.1) is 0 Å². The van der Waals surface area contributed by atoms with Gasteiger partial charge in [0.1, 0.15) is 5.52 Å². The third kappa shape index (κ3) is 2.58. The average Bonchev–Trinajstić information content (AvgIpc) is 2.94. The van der Waals surface area contributed by atoms with Crippen LogP contribution < -0.4 is 5.73 Å². The highest BCUT2D eigenvalue weighted by atomic mass is 16.3. The first-order chi connectivity index (χ1) is 9.76. The van der Waals surface area contributed by atoms with E-state index in [0.29, 0.717) is 12.5 Å². The normalized spacial score (nSPS) is 12.7. The van der Waals surface area contributed by atoms with Gasteiger partial charge in [-0.3, -0.25) is 0 Å². The lowest BCUT2D eigenvalue weighted by Crippen LogP contribution is -2.09. The molecule has 3 heteroatoms. The second-order valence-corrected chi connectivity index (χ2v) is 5.21. The first-order valence-corrected chi connectivity index (χ1v) is 6.87. The van der Waals surface area contributed by atoms with Crippen LogP contribution in [0.3, 0.4) is 0 Å². The first-order valence-electron chi connectivity index (χ1n) is 6.87. The van der Waals surface area contributed by atoms with Gasteiger partial charge >= 0.3 is 0 Å². The van der Waals surface area contributed by atoms with Crippen LogP contribution in [0.5, 0.6) is 0 Å². The fraction of sp³-hybridized carbons (Fsp3) is 0.235. The zero-order chi connectivity index (χ0) is 13.9. The highest BCUT2D eigenvalue weighted by Gasteiger charge is 2.05. The minimum Gasteiger partial charge on any atom is -0.443 e. The molecule has 1 atom stereocenters. The van der Waals surface area contributed by atoms with E-state index in [2.05, 4.69) is 48.3 Å². The van der Waals surface area contributed by atoms with Crippen LogP contribution in [-0.2, 0) is 6.42 Å². The Morgan fingerprint density at radius 2 is 2.00 bits per heavy atom. The van der Waals surface area contributed by atoms with Gasteiger partial charge < -0.3 is 10.2 Å². The summed E-state index contributed by atoms with van der Waals surface area (Å²) in [6, 6.07) is 14.8. The van der Waals surface area contributed by atoms with Crippen molar-refractivity contribution in [3.8, 4) is 0 Å². The van der Waals surface area contributed by atoms with Gasteiger partial charge in [0.2, 0.25) is 0 Å². The average molecular weight is 266 g/mol. The third-order valence-corrected chi connectivity index (χ3v) is 3.68. The highest BCUT2D eigenvalue weighted by Crippen LogP contribution is 2.20. The molecule has 102 valence electrons. The van der Waals surface area contributed by atoms with E-state index in [1.54, 1.807) is 0 Å². The monoisotopic (exact) mass is 266 g/mol. The maximum atomic E-state index is 5.74. The molecular weight excluding hydrogens is 248 g/mol. The number of rotatable bonds is 4. The van der Waals surface area contributed by atoms with Crippen molar-refractivity contribution in [3.63, 3.8) is 0 Å². The first kappa shape index (κ1) is 12.9. The molecule has 0 bridgehead atoms. The molecule has 3 aromatic rings. The van der Waals surface area contributed by atoms with Gasteiger partial charge in [0, 0.05) is 0 Å². The van der Waals surface area contributed by atoms with E-state index >= 15 is 0 Å². The molecule has 1 aromatic heterocycles.